The lowest BCUT2D eigenvalue weighted by Gasteiger charge is -2.31. The molecule has 0 saturated heterocycles. The fraction of sp³-hybridized carbons (Fsp3) is 0.538. The van der Waals surface area contributed by atoms with E-state index in [-0.39, 0.29) is 5.82 Å². The standard InChI is InChI=1S/C13H21FN2O/c1-4-10(2)16(7-8-17-3)13-6-5-11(14)9-12(13)15/h5-6,9-10H,4,7-8,15H2,1-3H3. The zero-order chi connectivity index (χ0) is 12.8. The van der Waals surface area contributed by atoms with Gasteiger partial charge in [-0.05, 0) is 31.5 Å². The average molecular weight is 240 g/mol. The smallest absolute Gasteiger partial charge is 0.125 e. The number of nitrogens with two attached hydrogens (primary N) is 1. The zero-order valence-corrected chi connectivity index (χ0v) is 10.7. The number of nitrogens with zero attached hydrogens (tertiary/aromatic N) is 1. The molecular formula is C13H21FN2O. The van der Waals surface area contributed by atoms with Crippen molar-refractivity contribution in [2.75, 3.05) is 30.9 Å². The number of halogens is 1. The molecule has 1 unspecified atom stereocenters. The van der Waals surface area contributed by atoms with Crippen molar-refractivity contribution >= 4 is 11.4 Å². The molecular weight excluding hydrogens is 219 g/mol. The van der Waals surface area contributed by atoms with Crippen molar-refractivity contribution in [3.05, 3.63) is 24.0 Å². The summed E-state index contributed by atoms with van der Waals surface area (Å²) in [5, 5.41) is 0. The van der Waals surface area contributed by atoms with Crippen LogP contribution in [0.1, 0.15) is 20.3 Å². The van der Waals surface area contributed by atoms with Gasteiger partial charge in [0.2, 0.25) is 0 Å². The van der Waals surface area contributed by atoms with Gasteiger partial charge in [-0.15, -0.1) is 0 Å². The van der Waals surface area contributed by atoms with Gasteiger partial charge in [-0.3, -0.25) is 0 Å². The van der Waals surface area contributed by atoms with Crippen molar-refractivity contribution < 1.29 is 9.13 Å². The lowest BCUT2D eigenvalue weighted by molar-refractivity contribution is 0.203. The molecule has 0 spiro atoms. The second kappa shape index (κ2) is 6.45. The summed E-state index contributed by atoms with van der Waals surface area (Å²) in [5.41, 5.74) is 7.21. The van der Waals surface area contributed by atoms with E-state index in [1.165, 1.54) is 12.1 Å². The van der Waals surface area contributed by atoms with E-state index in [4.69, 9.17) is 10.5 Å². The maximum Gasteiger partial charge on any atom is 0.125 e. The molecule has 1 rings (SSSR count). The maximum absolute atomic E-state index is 13.0. The predicted octanol–water partition coefficient (Wildman–Crippen LogP) is 2.66. The van der Waals surface area contributed by atoms with Crippen LogP contribution in [0.5, 0.6) is 0 Å². The third kappa shape index (κ3) is 3.60. The molecule has 0 aliphatic heterocycles. The quantitative estimate of drug-likeness (QED) is 0.777. The van der Waals surface area contributed by atoms with Crippen molar-refractivity contribution in [3.8, 4) is 0 Å². The molecule has 0 saturated carbocycles. The van der Waals surface area contributed by atoms with E-state index in [1.807, 2.05) is 0 Å². The summed E-state index contributed by atoms with van der Waals surface area (Å²) < 4.78 is 18.1. The molecule has 3 nitrogen and oxygen atoms in total. The molecule has 0 amide bonds. The van der Waals surface area contributed by atoms with E-state index in [0.29, 0.717) is 18.3 Å². The van der Waals surface area contributed by atoms with Crippen LogP contribution in [-0.4, -0.2) is 26.3 Å². The molecule has 1 aromatic rings. The Labute approximate surface area is 102 Å². The van der Waals surface area contributed by atoms with Crippen LogP contribution in [0.2, 0.25) is 0 Å². The number of methoxy groups -OCH3 is 1. The second-order valence-corrected chi connectivity index (χ2v) is 4.15. The van der Waals surface area contributed by atoms with Crippen molar-refractivity contribution in [2.45, 2.75) is 26.3 Å². The first-order valence-electron chi connectivity index (χ1n) is 5.90. The molecule has 1 aromatic carbocycles. The van der Waals surface area contributed by atoms with Crippen LogP contribution in [0, 0.1) is 5.82 Å². The van der Waals surface area contributed by atoms with E-state index < -0.39 is 0 Å². The van der Waals surface area contributed by atoms with Gasteiger partial charge in [0.15, 0.2) is 0 Å². The van der Waals surface area contributed by atoms with E-state index in [1.54, 1.807) is 13.2 Å². The Bertz CT molecular complexity index is 357. The topological polar surface area (TPSA) is 38.5 Å². The van der Waals surface area contributed by atoms with Crippen molar-refractivity contribution in [1.29, 1.82) is 0 Å². The monoisotopic (exact) mass is 240 g/mol. The first-order valence-corrected chi connectivity index (χ1v) is 5.90. The first-order chi connectivity index (χ1) is 8.10. The highest BCUT2D eigenvalue weighted by atomic mass is 19.1. The van der Waals surface area contributed by atoms with Crippen molar-refractivity contribution in [2.24, 2.45) is 0 Å². The summed E-state index contributed by atoms with van der Waals surface area (Å²) in [7, 11) is 1.67. The van der Waals surface area contributed by atoms with Gasteiger partial charge in [-0.1, -0.05) is 6.92 Å². The average Bonchev–Trinajstić information content (AvgIpc) is 2.31. The molecule has 96 valence electrons. The van der Waals surface area contributed by atoms with Crippen molar-refractivity contribution in [3.63, 3.8) is 0 Å². The van der Waals surface area contributed by atoms with Gasteiger partial charge >= 0.3 is 0 Å². The van der Waals surface area contributed by atoms with Crippen LogP contribution in [-0.2, 0) is 4.74 Å². The van der Waals surface area contributed by atoms with Crippen LogP contribution in [0.3, 0.4) is 0 Å². The van der Waals surface area contributed by atoms with E-state index in [2.05, 4.69) is 18.7 Å². The summed E-state index contributed by atoms with van der Waals surface area (Å²) in [6.45, 7) is 5.62. The molecule has 0 aliphatic rings. The van der Waals surface area contributed by atoms with Gasteiger partial charge in [-0.25, -0.2) is 4.39 Å². The number of hydrogen-bond donors (Lipinski definition) is 1. The fourth-order valence-corrected chi connectivity index (χ4v) is 1.78. The molecule has 0 aromatic heterocycles. The molecule has 0 bridgehead atoms. The summed E-state index contributed by atoms with van der Waals surface area (Å²) in [4.78, 5) is 2.15. The van der Waals surface area contributed by atoms with Gasteiger partial charge < -0.3 is 15.4 Å². The minimum Gasteiger partial charge on any atom is -0.397 e. The molecule has 0 aliphatic carbocycles. The van der Waals surface area contributed by atoms with Gasteiger partial charge in [0, 0.05) is 19.7 Å². The van der Waals surface area contributed by atoms with Crippen LogP contribution in [0.15, 0.2) is 18.2 Å². The Morgan fingerprint density at radius 1 is 1.47 bits per heavy atom. The van der Waals surface area contributed by atoms with E-state index in [9.17, 15) is 4.39 Å². The van der Waals surface area contributed by atoms with Gasteiger partial charge in [0.1, 0.15) is 5.82 Å². The first kappa shape index (κ1) is 13.8. The molecule has 0 heterocycles. The van der Waals surface area contributed by atoms with Gasteiger partial charge in [-0.2, -0.15) is 0 Å². The molecule has 0 fully saturated rings. The largest absolute Gasteiger partial charge is 0.397 e. The van der Waals surface area contributed by atoms with Crippen LogP contribution >= 0.6 is 0 Å². The molecule has 1 atom stereocenters. The Kier molecular flexibility index (Phi) is 5.22. The molecule has 2 N–H and O–H groups in total. The summed E-state index contributed by atoms with van der Waals surface area (Å²) in [6, 6.07) is 4.87. The normalized spacial score (nSPS) is 12.5. The maximum atomic E-state index is 13.0. The van der Waals surface area contributed by atoms with Crippen LogP contribution < -0.4 is 10.6 Å². The highest BCUT2D eigenvalue weighted by molar-refractivity contribution is 5.67. The summed E-state index contributed by atoms with van der Waals surface area (Å²) in [6.07, 6.45) is 1.00. The number of nitrogen functional groups attached to an aromatic ring is 1. The third-order valence-corrected chi connectivity index (χ3v) is 2.96. The van der Waals surface area contributed by atoms with Crippen LogP contribution in [0.4, 0.5) is 15.8 Å². The highest BCUT2D eigenvalue weighted by Gasteiger charge is 2.15. The SMILES string of the molecule is CCC(C)N(CCOC)c1ccc(F)cc1N. The Morgan fingerprint density at radius 3 is 2.71 bits per heavy atom. The number of benzene rings is 1. The van der Waals surface area contributed by atoms with Gasteiger partial charge in [0.25, 0.3) is 0 Å². The lowest BCUT2D eigenvalue weighted by Crippen LogP contribution is -2.35. The van der Waals surface area contributed by atoms with Gasteiger partial charge in [0.05, 0.1) is 18.0 Å². The Hall–Kier alpha value is -1.29. The number of anilines is 2. The molecule has 4 heteroatoms. The minimum atomic E-state index is -0.304. The fourth-order valence-electron chi connectivity index (χ4n) is 1.78. The zero-order valence-electron chi connectivity index (χ0n) is 10.7. The summed E-state index contributed by atoms with van der Waals surface area (Å²) in [5.74, 6) is -0.304. The number of hydrogen-bond acceptors (Lipinski definition) is 3. The van der Waals surface area contributed by atoms with Crippen molar-refractivity contribution in [1.82, 2.24) is 0 Å². The predicted molar refractivity (Wildman–Crippen MR) is 69.8 cm³/mol. The lowest BCUT2D eigenvalue weighted by atomic mass is 10.1. The van der Waals surface area contributed by atoms with E-state index in [0.717, 1.165) is 18.7 Å². The Balaban J connectivity index is 2.95. The molecule has 0 radical (unpaired) electrons. The minimum absolute atomic E-state index is 0.304. The second-order valence-electron chi connectivity index (χ2n) is 4.15. The summed E-state index contributed by atoms with van der Waals surface area (Å²) >= 11 is 0. The van der Waals surface area contributed by atoms with Crippen LogP contribution in [0.25, 0.3) is 0 Å². The number of rotatable bonds is 6. The number of ether oxygens (including phenoxy) is 1. The Morgan fingerprint density at radius 2 is 2.18 bits per heavy atom. The third-order valence-electron chi connectivity index (χ3n) is 2.96. The molecule has 17 heavy (non-hydrogen) atoms. The van der Waals surface area contributed by atoms with E-state index >= 15 is 0 Å². The highest BCUT2D eigenvalue weighted by Crippen LogP contribution is 2.26.